The minimum Gasteiger partial charge on any atom is -0.368 e. The zero-order chi connectivity index (χ0) is 18.8. The van der Waals surface area contributed by atoms with E-state index in [1.165, 1.54) is 0 Å². The number of pyridine rings is 1. The van der Waals surface area contributed by atoms with Gasteiger partial charge >= 0.3 is 0 Å². The van der Waals surface area contributed by atoms with E-state index < -0.39 is 0 Å². The van der Waals surface area contributed by atoms with Crippen molar-refractivity contribution in [1.29, 1.82) is 0 Å². The van der Waals surface area contributed by atoms with Crippen LogP contribution >= 0.6 is 0 Å². The number of piperidine rings is 3. The first-order chi connectivity index (χ1) is 13.1. The summed E-state index contributed by atoms with van der Waals surface area (Å²) in [5.74, 6) is 1.70. The first kappa shape index (κ1) is 18.2. The minimum atomic E-state index is -0.330. The van der Waals surface area contributed by atoms with Gasteiger partial charge in [0.05, 0.1) is 0 Å². The summed E-state index contributed by atoms with van der Waals surface area (Å²) < 4.78 is 0. The van der Waals surface area contributed by atoms with E-state index in [4.69, 9.17) is 0 Å². The summed E-state index contributed by atoms with van der Waals surface area (Å²) in [6.45, 7) is 4.91. The Balaban J connectivity index is 1.37. The summed E-state index contributed by atoms with van der Waals surface area (Å²) in [6.07, 6.45) is 5.35. The summed E-state index contributed by atoms with van der Waals surface area (Å²) in [5, 5.41) is 9.78. The molecule has 0 unspecified atom stereocenters. The standard InChI is InChI=1S/C20H29N5O2/c1-13-4-3-7-22-19(13)23-8-9-24-20(27)18-15-10-14(11-21-12-15)16-5-2-6-17(26)25(16)18/h3-4,7,14-16,18,21H,2,5-6,8-12H2,1H3,(H,22,23)(H,24,27)/t14-,15+,16+,18-/m1/s1. The molecule has 3 aliphatic heterocycles. The molecule has 7 nitrogen and oxygen atoms in total. The maximum atomic E-state index is 13.0. The molecule has 2 amide bonds. The Bertz CT molecular complexity index is 709. The summed E-state index contributed by atoms with van der Waals surface area (Å²) in [5.41, 5.74) is 1.08. The Kier molecular flexibility index (Phi) is 5.29. The number of carbonyl (C=O) groups excluding carboxylic acids is 2. The van der Waals surface area contributed by atoms with E-state index in [-0.39, 0.29) is 29.8 Å². The predicted octanol–water partition coefficient (Wildman–Crippen LogP) is 0.907. The number of hydrogen-bond acceptors (Lipinski definition) is 5. The lowest BCUT2D eigenvalue weighted by atomic mass is 9.72. The van der Waals surface area contributed by atoms with Gasteiger partial charge in [-0.1, -0.05) is 6.07 Å². The van der Waals surface area contributed by atoms with Crippen LogP contribution in [0.1, 0.15) is 31.2 Å². The van der Waals surface area contributed by atoms with E-state index in [0.717, 1.165) is 43.7 Å². The third kappa shape index (κ3) is 3.65. The first-order valence-electron chi connectivity index (χ1n) is 10.1. The normalized spacial score (nSPS) is 29.8. The molecular formula is C20H29N5O2. The Morgan fingerprint density at radius 3 is 3.04 bits per heavy atom. The predicted molar refractivity (Wildman–Crippen MR) is 103 cm³/mol. The van der Waals surface area contributed by atoms with Crippen LogP contribution in [0.3, 0.4) is 0 Å². The van der Waals surface area contributed by atoms with Crippen molar-refractivity contribution >= 4 is 17.6 Å². The fraction of sp³-hybridized carbons (Fsp3) is 0.650. The van der Waals surface area contributed by atoms with E-state index in [1.807, 2.05) is 24.0 Å². The smallest absolute Gasteiger partial charge is 0.243 e. The summed E-state index contributed by atoms with van der Waals surface area (Å²) in [7, 11) is 0. The van der Waals surface area contributed by atoms with Crippen LogP contribution < -0.4 is 16.0 Å². The number of amides is 2. The lowest BCUT2D eigenvalue weighted by molar-refractivity contribution is -0.157. The van der Waals surface area contributed by atoms with Crippen molar-refractivity contribution in [1.82, 2.24) is 20.5 Å². The van der Waals surface area contributed by atoms with E-state index in [9.17, 15) is 9.59 Å². The summed E-state index contributed by atoms with van der Waals surface area (Å²) in [6, 6.07) is 3.80. The number of nitrogens with one attached hydrogen (secondary N) is 3. The molecule has 3 fully saturated rings. The number of carbonyl (C=O) groups is 2. The highest BCUT2D eigenvalue weighted by Crippen LogP contribution is 2.39. The van der Waals surface area contributed by atoms with Crippen molar-refractivity contribution in [3.63, 3.8) is 0 Å². The van der Waals surface area contributed by atoms with Crippen molar-refractivity contribution in [2.45, 2.75) is 44.7 Å². The Labute approximate surface area is 160 Å². The van der Waals surface area contributed by atoms with Gasteiger partial charge in [-0.25, -0.2) is 4.98 Å². The maximum absolute atomic E-state index is 13.0. The van der Waals surface area contributed by atoms with Crippen LogP contribution in [0, 0.1) is 18.8 Å². The van der Waals surface area contributed by atoms with Gasteiger partial charge in [0.1, 0.15) is 11.9 Å². The molecule has 146 valence electrons. The summed E-state index contributed by atoms with van der Waals surface area (Å²) in [4.78, 5) is 31.9. The average molecular weight is 371 g/mol. The third-order valence-corrected chi connectivity index (χ3v) is 6.24. The molecule has 4 heterocycles. The average Bonchev–Trinajstić information content (AvgIpc) is 2.68. The van der Waals surface area contributed by atoms with Gasteiger partial charge in [0.15, 0.2) is 0 Å². The van der Waals surface area contributed by atoms with Crippen LogP contribution in [-0.2, 0) is 9.59 Å². The fourth-order valence-corrected chi connectivity index (χ4v) is 4.99. The fourth-order valence-electron chi connectivity index (χ4n) is 4.99. The van der Waals surface area contributed by atoms with Crippen molar-refractivity contribution in [3.05, 3.63) is 23.9 Å². The number of aromatic nitrogens is 1. The van der Waals surface area contributed by atoms with Gasteiger partial charge in [-0.15, -0.1) is 0 Å². The van der Waals surface area contributed by atoms with Crippen LogP contribution in [0.25, 0.3) is 0 Å². The molecule has 7 heteroatoms. The SMILES string of the molecule is Cc1cccnc1NCCNC(=O)[C@H]1[C@@H]2CNC[C@@H](C2)[C@@H]2CCCC(=O)N21. The molecule has 3 N–H and O–H groups in total. The topological polar surface area (TPSA) is 86.4 Å². The molecule has 1 aromatic heterocycles. The minimum absolute atomic E-state index is 0.0121. The maximum Gasteiger partial charge on any atom is 0.243 e. The first-order valence-corrected chi connectivity index (χ1v) is 10.1. The lowest BCUT2D eigenvalue weighted by Crippen LogP contribution is -2.68. The van der Waals surface area contributed by atoms with E-state index >= 15 is 0 Å². The molecule has 0 aliphatic carbocycles. The number of aryl methyl sites for hydroxylation is 1. The quantitative estimate of drug-likeness (QED) is 0.670. The van der Waals surface area contributed by atoms with Gasteiger partial charge in [-0.2, -0.15) is 0 Å². The molecule has 4 atom stereocenters. The number of nitrogens with zero attached hydrogens (tertiary/aromatic N) is 2. The zero-order valence-electron chi connectivity index (χ0n) is 15.9. The molecule has 2 bridgehead atoms. The number of rotatable bonds is 5. The van der Waals surface area contributed by atoms with Gasteiger partial charge in [0, 0.05) is 44.2 Å². The number of fused-ring (bicyclic) bond motifs is 4. The zero-order valence-corrected chi connectivity index (χ0v) is 15.9. The lowest BCUT2D eigenvalue weighted by Gasteiger charge is -2.53. The monoisotopic (exact) mass is 371 g/mol. The molecule has 27 heavy (non-hydrogen) atoms. The highest BCUT2D eigenvalue weighted by molar-refractivity contribution is 5.89. The van der Waals surface area contributed by atoms with E-state index in [1.54, 1.807) is 6.20 Å². The molecule has 0 aromatic carbocycles. The van der Waals surface area contributed by atoms with Crippen LogP contribution in [-0.4, -0.2) is 60.0 Å². The third-order valence-electron chi connectivity index (χ3n) is 6.24. The van der Waals surface area contributed by atoms with Gasteiger partial charge in [0.25, 0.3) is 0 Å². The molecule has 0 saturated carbocycles. The van der Waals surface area contributed by atoms with Crippen LogP contribution in [0.5, 0.6) is 0 Å². The van der Waals surface area contributed by atoms with Gasteiger partial charge < -0.3 is 20.9 Å². The van der Waals surface area contributed by atoms with Crippen molar-refractivity contribution in [2.75, 3.05) is 31.5 Å². The molecule has 3 saturated heterocycles. The van der Waals surface area contributed by atoms with Crippen LogP contribution in [0.4, 0.5) is 5.82 Å². The molecule has 1 aromatic rings. The second kappa shape index (κ2) is 7.84. The van der Waals surface area contributed by atoms with E-state index in [2.05, 4.69) is 20.9 Å². The number of anilines is 1. The summed E-state index contributed by atoms with van der Waals surface area (Å²) >= 11 is 0. The van der Waals surface area contributed by atoms with Crippen molar-refractivity contribution in [2.24, 2.45) is 11.8 Å². The molecule has 3 aliphatic rings. The van der Waals surface area contributed by atoms with Crippen LogP contribution in [0.15, 0.2) is 18.3 Å². The van der Waals surface area contributed by atoms with Crippen molar-refractivity contribution in [3.8, 4) is 0 Å². The molecule has 4 rings (SSSR count). The van der Waals surface area contributed by atoms with Gasteiger partial charge in [-0.3, -0.25) is 9.59 Å². The highest BCUT2D eigenvalue weighted by Gasteiger charge is 2.50. The highest BCUT2D eigenvalue weighted by atomic mass is 16.2. The largest absolute Gasteiger partial charge is 0.368 e. The van der Waals surface area contributed by atoms with Crippen molar-refractivity contribution < 1.29 is 9.59 Å². The molecular weight excluding hydrogens is 342 g/mol. The second-order valence-electron chi connectivity index (χ2n) is 8.01. The number of hydrogen-bond donors (Lipinski definition) is 3. The Morgan fingerprint density at radius 1 is 1.33 bits per heavy atom. The molecule has 0 spiro atoms. The van der Waals surface area contributed by atoms with E-state index in [0.29, 0.717) is 25.4 Å². The molecule has 0 radical (unpaired) electrons. The Hall–Kier alpha value is -2.15. The van der Waals surface area contributed by atoms with Gasteiger partial charge in [-0.05, 0) is 50.3 Å². The van der Waals surface area contributed by atoms with Gasteiger partial charge in [0.2, 0.25) is 11.8 Å². The second-order valence-corrected chi connectivity index (χ2v) is 8.01. The van der Waals surface area contributed by atoms with Crippen LogP contribution in [0.2, 0.25) is 0 Å². The Morgan fingerprint density at radius 2 is 2.19 bits per heavy atom.